The summed E-state index contributed by atoms with van der Waals surface area (Å²) in [5.41, 5.74) is 8.17. The van der Waals surface area contributed by atoms with E-state index in [1.54, 1.807) is 0 Å². The molecular formula is C11H17NS. The predicted octanol–water partition coefficient (Wildman–Crippen LogP) is 2.35. The molecule has 0 spiro atoms. The average Bonchev–Trinajstić information content (AvgIpc) is 2.18. The Morgan fingerprint density at radius 3 is 2.15 bits per heavy atom. The summed E-state index contributed by atoms with van der Waals surface area (Å²) in [5.74, 6) is 0.856. The number of nitrogens with two attached hydrogens (primary N) is 1. The lowest BCUT2D eigenvalue weighted by atomic mass is 9.86. The van der Waals surface area contributed by atoms with Crippen molar-refractivity contribution in [2.45, 2.75) is 25.8 Å². The van der Waals surface area contributed by atoms with E-state index < -0.39 is 0 Å². The molecule has 0 aromatic heterocycles. The van der Waals surface area contributed by atoms with E-state index in [4.69, 9.17) is 5.73 Å². The molecule has 0 atom stereocenters. The van der Waals surface area contributed by atoms with Crippen molar-refractivity contribution < 1.29 is 0 Å². The minimum absolute atomic E-state index is 0.149. The van der Waals surface area contributed by atoms with E-state index in [1.807, 2.05) is 0 Å². The van der Waals surface area contributed by atoms with E-state index >= 15 is 0 Å². The molecule has 1 rings (SSSR count). The molecule has 0 saturated carbocycles. The van der Waals surface area contributed by atoms with Crippen molar-refractivity contribution in [3.05, 3.63) is 35.4 Å². The predicted molar refractivity (Wildman–Crippen MR) is 61.2 cm³/mol. The summed E-state index contributed by atoms with van der Waals surface area (Å²) in [6.45, 7) is 5.00. The van der Waals surface area contributed by atoms with Crippen molar-refractivity contribution in [2.75, 3.05) is 5.75 Å². The van der Waals surface area contributed by atoms with E-state index in [1.165, 1.54) is 11.1 Å². The van der Waals surface area contributed by atoms with Gasteiger partial charge in [-0.25, -0.2) is 0 Å². The first-order valence-corrected chi connectivity index (χ1v) is 5.14. The normalized spacial score (nSPS) is 11.7. The smallest absolute Gasteiger partial charge is 0.0178 e. The molecule has 0 bridgehead atoms. The zero-order chi connectivity index (χ0) is 9.90. The number of hydrogen-bond acceptors (Lipinski definition) is 2. The maximum absolute atomic E-state index is 5.53. The molecule has 0 saturated heterocycles. The number of benzene rings is 1. The molecule has 0 aliphatic carbocycles. The molecule has 72 valence electrons. The van der Waals surface area contributed by atoms with Gasteiger partial charge in [0.2, 0.25) is 0 Å². The summed E-state index contributed by atoms with van der Waals surface area (Å²) in [4.78, 5) is 0. The number of hydrogen-bond donors (Lipinski definition) is 2. The van der Waals surface area contributed by atoms with Crippen LogP contribution < -0.4 is 5.73 Å². The Kier molecular flexibility index (Phi) is 3.40. The maximum Gasteiger partial charge on any atom is 0.0178 e. The van der Waals surface area contributed by atoms with Crippen molar-refractivity contribution in [1.82, 2.24) is 0 Å². The zero-order valence-corrected chi connectivity index (χ0v) is 9.14. The van der Waals surface area contributed by atoms with Crippen LogP contribution in [-0.2, 0) is 12.0 Å². The minimum atomic E-state index is 0.149. The molecule has 0 heterocycles. The van der Waals surface area contributed by atoms with Gasteiger partial charge in [0.05, 0.1) is 0 Å². The fraction of sp³-hybridized carbons (Fsp3) is 0.455. The highest BCUT2D eigenvalue weighted by atomic mass is 32.1. The molecule has 0 fully saturated rings. The molecule has 2 N–H and O–H groups in total. The van der Waals surface area contributed by atoms with Crippen LogP contribution in [0.5, 0.6) is 0 Å². The maximum atomic E-state index is 5.53. The van der Waals surface area contributed by atoms with E-state index in [2.05, 4.69) is 50.7 Å². The second-order valence-electron chi connectivity index (χ2n) is 3.94. The lowest BCUT2D eigenvalue weighted by Gasteiger charge is -2.22. The lowest BCUT2D eigenvalue weighted by molar-refractivity contribution is 0.603. The zero-order valence-electron chi connectivity index (χ0n) is 8.25. The van der Waals surface area contributed by atoms with Gasteiger partial charge in [-0.1, -0.05) is 38.1 Å². The van der Waals surface area contributed by atoms with Crippen LogP contribution in [-0.4, -0.2) is 5.75 Å². The van der Waals surface area contributed by atoms with E-state index in [9.17, 15) is 0 Å². The van der Waals surface area contributed by atoms with Gasteiger partial charge in [0.15, 0.2) is 0 Å². The summed E-state index contributed by atoms with van der Waals surface area (Å²) in [7, 11) is 0. The molecule has 1 nitrogen and oxygen atoms in total. The van der Waals surface area contributed by atoms with Gasteiger partial charge < -0.3 is 5.73 Å². The molecule has 0 unspecified atom stereocenters. The highest BCUT2D eigenvalue weighted by molar-refractivity contribution is 7.80. The van der Waals surface area contributed by atoms with Crippen LogP contribution in [0.25, 0.3) is 0 Å². The Balaban J connectivity index is 2.92. The highest BCUT2D eigenvalue weighted by Gasteiger charge is 2.17. The monoisotopic (exact) mass is 195 g/mol. The third-order valence-corrected chi connectivity index (χ3v) is 3.16. The van der Waals surface area contributed by atoms with Crippen LogP contribution in [0.15, 0.2) is 24.3 Å². The van der Waals surface area contributed by atoms with Crippen LogP contribution in [0, 0.1) is 0 Å². The van der Waals surface area contributed by atoms with Gasteiger partial charge in [0.1, 0.15) is 0 Å². The minimum Gasteiger partial charge on any atom is -0.326 e. The Morgan fingerprint density at radius 2 is 1.77 bits per heavy atom. The third kappa shape index (κ3) is 2.48. The first-order chi connectivity index (χ1) is 6.10. The summed E-state index contributed by atoms with van der Waals surface area (Å²) >= 11 is 4.34. The molecule has 2 heteroatoms. The Hall–Kier alpha value is -0.470. The Labute approximate surface area is 85.8 Å². The van der Waals surface area contributed by atoms with Crippen LogP contribution in [0.2, 0.25) is 0 Å². The average molecular weight is 195 g/mol. The Bertz CT molecular complexity index is 264. The van der Waals surface area contributed by atoms with E-state index in [-0.39, 0.29) is 5.41 Å². The summed E-state index contributed by atoms with van der Waals surface area (Å²) < 4.78 is 0. The number of thiol groups is 1. The van der Waals surface area contributed by atoms with Crippen LogP contribution in [0.4, 0.5) is 0 Å². The van der Waals surface area contributed by atoms with Crippen molar-refractivity contribution in [1.29, 1.82) is 0 Å². The van der Waals surface area contributed by atoms with Crippen LogP contribution >= 0.6 is 12.6 Å². The van der Waals surface area contributed by atoms with Gasteiger partial charge >= 0.3 is 0 Å². The summed E-state index contributed by atoms with van der Waals surface area (Å²) in [5, 5.41) is 0. The van der Waals surface area contributed by atoms with Crippen LogP contribution in [0.3, 0.4) is 0 Å². The van der Waals surface area contributed by atoms with Crippen LogP contribution in [0.1, 0.15) is 25.0 Å². The first kappa shape index (κ1) is 10.6. The topological polar surface area (TPSA) is 26.0 Å². The summed E-state index contributed by atoms with van der Waals surface area (Å²) in [6, 6.07) is 8.44. The fourth-order valence-electron chi connectivity index (χ4n) is 1.18. The van der Waals surface area contributed by atoms with Crippen molar-refractivity contribution in [2.24, 2.45) is 5.73 Å². The molecule has 1 aromatic rings. The molecule has 0 radical (unpaired) electrons. The second-order valence-corrected chi connectivity index (χ2v) is 4.26. The standard InChI is InChI=1S/C11H17NS/c1-11(2,8-13)10-5-3-9(7-12)4-6-10/h3-6,13H,7-8,12H2,1-2H3. The van der Waals surface area contributed by atoms with Gasteiger partial charge in [-0.2, -0.15) is 12.6 Å². The molecule has 0 aliphatic rings. The molecule has 0 amide bonds. The second kappa shape index (κ2) is 4.16. The first-order valence-electron chi connectivity index (χ1n) is 4.50. The largest absolute Gasteiger partial charge is 0.326 e. The van der Waals surface area contributed by atoms with Gasteiger partial charge in [-0.05, 0) is 22.3 Å². The van der Waals surface area contributed by atoms with Gasteiger partial charge in [0, 0.05) is 6.54 Å². The third-order valence-electron chi connectivity index (χ3n) is 2.37. The van der Waals surface area contributed by atoms with E-state index in [0.29, 0.717) is 6.54 Å². The summed E-state index contributed by atoms with van der Waals surface area (Å²) in [6.07, 6.45) is 0. The molecular weight excluding hydrogens is 178 g/mol. The van der Waals surface area contributed by atoms with Crippen molar-refractivity contribution in [3.63, 3.8) is 0 Å². The van der Waals surface area contributed by atoms with Crippen molar-refractivity contribution >= 4 is 12.6 Å². The highest BCUT2D eigenvalue weighted by Crippen LogP contribution is 2.24. The Morgan fingerprint density at radius 1 is 1.23 bits per heavy atom. The molecule has 13 heavy (non-hydrogen) atoms. The van der Waals surface area contributed by atoms with Crippen molar-refractivity contribution in [3.8, 4) is 0 Å². The van der Waals surface area contributed by atoms with Gasteiger partial charge in [-0.3, -0.25) is 0 Å². The molecule has 0 aliphatic heterocycles. The van der Waals surface area contributed by atoms with Gasteiger partial charge in [0.25, 0.3) is 0 Å². The fourth-order valence-corrected chi connectivity index (χ4v) is 1.37. The lowest BCUT2D eigenvalue weighted by Crippen LogP contribution is -2.18. The quantitative estimate of drug-likeness (QED) is 0.711. The van der Waals surface area contributed by atoms with E-state index in [0.717, 1.165) is 5.75 Å². The van der Waals surface area contributed by atoms with Gasteiger partial charge in [-0.15, -0.1) is 0 Å². The number of rotatable bonds is 3. The SMILES string of the molecule is CC(C)(CS)c1ccc(CN)cc1. The molecule has 1 aromatic carbocycles.